The van der Waals surface area contributed by atoms with Gasteiger partial charge < -0.3 is 83.9 Å². The Hall–Kier alpha value is -5.03. The fourth-order valence-electron chi connectivity index (χ4n) is 6.92. The zero-order valence-electron chi connectivity index (χ0n) is 41.2. The highest BCUT2D eigenvalue weighted by Crippen LogP contribution is 2.29. The molecule has 1 saturated heterocycles. The van der Waals surface area contributed by atoms with E-state index in [9.17, 15) is 63.0 Å². The molecule has 0 aromatic heterocycles. The molecule has 1 fully saturated rings. The number of primary amides is 2. The molecule has 70 heavy (non-hydrogen) atoms. The van der Waals surface area contributed by atoms with Crippen molar-refractivity contribution in [1.82, 2.24) is 42.1 Å². The summed E-state index contributed by atoms with van der Waals surface area (Å²) in [5.41, 5.74) is 16.1. The van der Waals surface area contributed by atoms with Crippen molar-refractivity contribution in [3.63, 3.8) is 0 Å². The van der Waals surface area contributed by atoms with E-state index >= 15 is 0 Å². The van der Waals surface area contributed by atoms with Crippen molar-refractivity contribution >= 4 is 76.1 Å². The van der Waals surface area contributed by atoms with Gasteiger partial charge in [0.1, 0.15) is 35.5 Å². The average Bonchev–Trinajstić information content (AvgIpc) is 3.70. The fraction of sp³-hybridized carbons (Fsp3) is 0.698. The molecule has 0 saturated carbocycles. The monoisotopic (exact) mass is 1030 g/mol. The SMILES string of the molecule is C=C(N/C(=C\CSCCN)C(C)(OC)C(C)C)[S+]([O-])C[C@H](NC(=O)CNC(=O)[C@H](NC(=O)CNC(C)=O)[C@@H](C)CC)C(=O)N[C@@H](CC(N)=O)C(=O)N1C[C@H](O)C[C@@H]1C(=O)N[C@H](C(N)=O)[C@@H](C)[C@@H](O)CO. The Kier molecular flexibility index (Phi) is 27.6. The first-order valence-electron chi connectivity index (χ1n) is 22.6. The summed E-state index contributed by atoms with van der Waals surface area (Å²) < 4.78 is 20.0. The molecule has 25 nitrogen and oxygen atoms in total. The van der Waals surface area contributed by atoms with Crippen LogP contribution in [0.1, 0.15) is 67.7 Å². The molecule has 0 aromatic carbocycles. The lowest BCUT2D eigenvalue weighted by Gasteiger charge is -2.36. The predicted molar refractivity (Wildman–Crippen MR) is 260 cm³/mol. The lowest BCUT2D eigenvalue weighted by atomic mass is 9.88. The highest BCUT2D eigenvalue weighted by atomic mass is 32.2. The maximum absolute atomic E-state index is 14.3. The van der Waals surface area contributed by atoms with Crippen molar-refractivity contribution in [2.24, 2.45) is 35.0 Å². The van der Waals surface area contributed by atoms with Crippen LogP contribution in [-0.4, -0.2) is 183 Å². The van der Waals surface area contributed by atoms with Crippen LogP contribution in [0.5, 0.6) is 0 Å². The number of ether oxygens (including phenoxy) is 1. The Morgan fingerprint density at radius 1 is 0.957 bits per heavy atom. The van der Waals surface area contributed by atoms with E-state index in [0.717, 1.165) is 4.90 Å². The van der Waals surface area contributed by atoms with E-state index in [1.807, 2.05) is 19.9 Å². The van der Waals surface area contributed by atoms with E-state index in [4.69, 9.17) is 21.9 Å². The molecule has 0 aromatic rings. The van der Waals surface area contributed by atoms with Gasteiger partial charge in [-0.2, -0.15) is 11.8 Å². The molecule has 0 radical (unpaired) electrons. The lowest BCUT2D eigenvalue weighted by Crippen LogP contribution is -2.60. The van der Waals surface area contributed by atoms with Crippen LogP contribution in [0.25, 0.3) is 0 Å². The van der Waals surface area contributed by atoms with Crippen LogP contribution < -0.4 is 54.4 Å². The van der Waals surface area contributed by atoms with Gasteiger partial charge in [-0.05, 0) is 25.3 Å². The van der Waals surface area contributed by atoms with Crippen molar-refractivity contribution in [2.45, 2.75) is 116 Å². The third-order valence-electron chi connectivity index (χ3n) is 11.8. The molecule has 1 rings (SSSR count). The average molecular weight is 1030 g/mol. The zero-order chi connectivity index (χ0) is 53.6. The first kappa shape index (κ1) is 63.0. The Balaban J connectivity index is 3.64. The topological polar surface area (TPSA) is 412 Å². The van der Waals surface area contributed by atoms with E-state index in [1.165, 1.54) is 32.7 Å². The number of nitrogens with two attached hydrogens (primary N) is 3. The third kappa shape index (κ3) is 20.0. The first-order chi connectivity index (χ1) is 32.7. The van der Waals surface area contributed by atoms with Crippen molar-refractivity contribution in [3.8, 4) is 0 Å². The number of likely N-dealkylation sites (tertiary alicyclic amines) is 1. The van der Waals surface area contributed by atoms with Crippen LogP contribution in [0.4, 0.5) is 0 Å². The summed E-state index contributed by atoms with van der Waals surface area (Å²) in [5.74, 6) is -9.79. The number of rotatable bonds is 32. The number of aliphatic hydroxyl groups is 3. The molecule has 16 N–H and O–H groups in total. The lowest BCUT2D eigenvalue weighted by molar-refractivity contribution is -0.143. The van der Waals surface area contributed by atoms with E-state index in [2.05, 4.69) is 43.8 Å². The number of nitrogens with zero attached hydrogens (tertiary/aromatic N) is 1. The summed E-state index contributed by atoms with van der Waals surface area (Å²) in [7, 11) is 1.49. The van der Waals surface area contributed by atoms with Crippen LogP contribution >= 0.6 is 11.8 Å². The minimum absolute atomic E-state index is 0.134. The summed E-state index contributed by atoms with van der Waals surface area (Å²) in [6.45, 7) is 13.4. The second-order valence-electron chi connectivity index (χ2n) is 17.3. The van der Waals surface area contributed by atoms with Crippen LogP contribution in [0.3, 0.4) is 0 Å². The van der Waals surface area contributed by atoms with Crippen LogP contribution in [0.2, 0.25) is 0 Å². The molecular formula is C43H75N11O14S2. The van der Waals surface area contributed by atoms with Gasteiger partial charge in [-0.15, -0.1) is 0 Å². The molecule has 0 aliphatic carbocycles. The second kappa shape index (κ2) is 30.7. The number of hydrogen-bond acceptors (Lipinski definition) is 17. The first-order valence-corrected chi connectivity index (χ1v) is 25.1. The van der Waals surface area contributed by atoms with E-state index in [-0.39, 0.29) is 17.4 Å². The number of β-amino-alcohol motifs (C(OH)–C–C–N with tert-alkyl or cyclic N) is 1. The molecule has 27 heteroatoms. The van der Waals surface area contributed by atoms with Crippen molar-refractivity contribution in [1.29, 1.82) is 0 Å². The summed E-state index contributed by atoms with van der Waals surface area (Å²) in [4.78, 5) is 118. The molecular weight excluding hydrogens is 959 g/mol. The number of thioether (sulfide) groups is 1. The number of methoxy groups -OCH3 is 1. The molecule has 11 atom stereocenters. The number of carbonyl (C=O) groups is 9. The quantitative estimate of drug-likeness (QED) is 0.0222. The van der Waals surface area contributed by atoms with Crippen LogP contribution in [-0.2, 0) is 59.1 Å². The molecule has 1 heterocycles. The van der Waals surface area contributed by atoms with Gasteiger partial charge in [-0.3, -0.25) is 43.2 Å². The van der Waals surface area contributed by atoms with Crippen molar-refractivity contribution < 1.29 is 67.8 Å². The highest BCUT2D eigenvalue weighted by molar-refractivity contribution is 7.99. The summed E-state index contributed by atoms with van der Waals surface area (Å²) in [5, 5.41) is 47.4. The van der Waals surface area contributed by atoms with Crippen molar-refractivity contribution in [3.05, 3.63) is 23.4 Å². The Morgan fingerprint density at radius 2 is 1.57 bits per heavy atom. The minimum atomic E-state index is -2.24. The Bertz CT molecular complexity index is 1880. The Morgan fingerprint density at radius 3 is 2.10 bits per heavy atom. The number of aliphatic hydroxyl groups excluding tert-OH is 3. The number of nitrogens with one attached hydrogen (secondary N) is 7. The van der Waals surface area contributed by atoms with Gasteiger partial charge in [-0.25, -0.2) is 0 Å². The Labute approximate surface area is 415 Å². The summed E-state index contributed by atoms with van der Waals surface area (Å²) in [6, 6.07) is -7.90. The minimum Gasteiger partial charge on any atom is -0.610 e. The number of carbonyl (C=O) groups excluding carboxylic acids is 9. The number of amides is 9. The summed E-state index contributed by atoms with van der Waals surface area (Å²) >= 11 is -0.719. The van der Waals surface area contributed by atoms with E-state index in [1.54, 1.807) is 20.8 Å². The van der Waals surface area contributed by atoms with Gasteiger partial charge >= 0.3 is 0 Å². The van der Waals surface area contributed by atoms with Gasteiger partial charge in [-0.1, -0.05) is 47.1 Å². The third-order valence-corrected chi connectivity index (χ3v) is 14.0. The zero-order valence-corrected chi connectivity index (χ0v) is 42.8. The normalized spacial score (nSPS) is 19.1. The maximum atomic E-state index is 14.3. The molecule has 9 amide bonds. The highest BCUT2D eigenvalue weighted by Gasteiger charge is 2.44. The maximum Gasteiger partial charge on any atom is 0.248 e. The molecule has 0 bridgehead atoms. The standard InChI is InChI=1S/C43H75N11O14S2/c1-10-23(4)36(52-35(61)17-47-25(6)56)41(65)48-18-34(60)50-29(21-70(67)26(7)49-32(11-13-69-14-12-44)43(8,68-9)22(2)3)39(63)51-28(16-33(45)59)42(66)54-19-27(57)15-30(54)40(64)53-37(38(46)62)24(5)31(58)20-55/h11,22-24,27-31,36-37,49,55,57-58H,7,10,12-21,44H2,1-6,8-9H3,(H2,45,59)(H2,46,62)(H,47,56)(H,48,65)(H,50,60)(H,51,63)(H,52,61)(H,53,64)/b32-11-/t23-,24-,27+,28-,29-,30+,31-,36+,37-,43?,70?/m0/s1. The predicted octanol–water partition coefficient (Wildman–Crippen LogP) is -5.02. The van der Waals surface area contributed by atoms with E-state index in [0.29, 0.717) is 30.2 Å². The molecule has 0 spiro atoms. The summed E-state index contributed by atoms with van der Waals surface area (Å²) in [6.07, 6.45) is -1.85. The molecule has 1 aliphatic rings. The van der Waals surface area contributed by atoms with Crippen LogP contribution in [0.15, 0.2) is 23.4 Å². The smallest absolute Gasteiger partial charge is 0.248 e. The largest absolute Gasteiger partial charge is 0.610 e. The van der Waals surface area contributed by atoms with Crippen LogP contribution in [0, 0.1) is 17.8 Å². The van der Waals surface area contributed by atoms with E-state index < -0.39 is 163 Å². The molecule has 398 valence electrons. The fourth-order valence-corrected chi connectivity index (χ4v) is 8.50. The molecule has 1 aliphatic heterocycles. The van der Waals surface area contributed by atoms with Gasteiger partial charge in [0, 0.05) is 67.8 Å². The van der Waals surface area contributed by atoms with Gasteiger partial charge in [0.2, 0.25) is 58.2 Å². The van der Waals surface area contributed by atoms with Gasteiger partial charge in [0.25, 0.3) is 0 Å². The molecule has 2 unspecified atom stereocenters. The number of hydrogen-bond donors (Lipinski definition) is 13. The van der Waals surface area contributed by atoms with Gasteiger partial charge in [0.15, 0.2) is 6.04 Å². The van der Waals surface area contributed by atoms with Crippen molar-refractivity contribution in [2.75, 3.05) is 57.2 Å². The van der Waals surface area contributed by atoms with Gasteiger partial charge in [0.05, 0.1) is 38.3 Å². The second-order valence-corrected chi connectivity index (χ2v) is 20.0.